The van der Waals surface area contributed by atoms with Crippen LogP contribution >= 0.6 is 0 Å². The Bertz CT molecular complexity index is 850. The smallest absolute Gasteiger partial charge is 0.221 e. The molecule has 1 amide bonds. The van der Waals surface area contributed by atoms with Gasteiger partial charge >= 0.3 is 0 Å². The lowest BCUT2D eigenvalue weighted by atomic mass is 9.87. The van der Waals surface area contributed by atoms with Crippen LogP contribution in [0.1, 0.15) is 12.5 Å². The number of aromatic nitrogens is 1. The largest absolute Gasteiger partial charge is 0.493 e. The van der Waals surface area contributed by atoms with Crippen molar-refractivity contribution in [2.75, 3.05) is 13.7 Å². The maximum Gasteiger partial charge on any atom is 0.221 e. The van der Waals surface area contributed by atoms with Crippen molar-refractivity contribution in [3.63, 3.8) is 0 Å². The SMILES string of the molecule is Cc1cc(-c2ccccn2)ccc1OCC1C(N(C)N)=CC=CC1C.NNC=O. The topological polar surface area (TPSA) is 106 Å². The van der Waals surface area contributed by atoms with Crippen molar-refractivity contribution in [3.8, 4) is 17.0 Å². The summed E-state index contributed by atoms with van der Waals surface area (Å²) >= 11 is 0. The number of nitrogens with zero attached hydrogens (tertiary/aromatic N) is 2. The number of pyridine rings is 1. The van der Waals surface area contributed by atoms with Crippen LogP contribution in [0.2, 0.25) is 0 Å². The molecular formula is C22H29N5O2. The molecule has 2 atom stereocenters. The Kier molecular flexibility index (Phi) is 8.39. The van der Waals surface area contributed by atoms with Crippen LogP contribution in [0.15, 0.2) is 66.5 Å². The lowest BCUT2D eigenvalue weighted by Gasteiger charge is -2.31. The average molecular weight is 396 g/mol. The van der Waals surface area contributed by atoms with E-state index in [0.717, 1.165) is 28.3 Å². The summed E-state index contributed by atoms with van der Waals surface area (Å²) in [6.45, 7) is 4.86. The van der Waals surface area contributed by atoms with Gasteiger partial charge in [-0.2, -0.15) is 0 Å². The maximum atomic E-state index is 8.94. The lowest BCUT2D eigenvalue weighted by Crippen LogP contribution is -2.35. The van der Waals surface area contributed by atoms with Crippen molar-refractivity contribution in [3.05, 3.63) is 72.1 Å². The second-order valence-electron chi connectivity index (χ2n) is 6.84. The first-order chi connectivity index (χ1) is 14.0. The fourth-order valence-corrected chi connectivity index (χ4v) is 3.16. The minimum Gasteiger partial charge on any atom is -0.493 e. The number of benzene rings is 1. The van der Waals surface area contributed by atoms with Crippen LogP contribution in [0.4, 0.5) is 0 Å². The van der Waals surface area contributed by atoms with Gasteiger partial charge in [-0.1, -0.05) is 25.1 Å². The summed E-state index contributed by atoms with van der Waals surface area (Å²) in [7, 11) is 1.87. The fraction of sp³-hybridized carbons (Fsp3) is 0.273. The Morgan fingerprint density at radius 2 is 2.07 bits per heavy atom. The van der Waals surface area contributed by atoms with Crippen molar-refractivity contribution in [1.29, 1.82) is 0 Å². The van der Waals surface area contributed by atoms with E-state index in [1.807, 2.05) is 37.5 Å². The van der Waals surface area contributed by atoms with Crippen LogP contribution in [0, 0.1) is 18.8 Å². The van der Waals surface area contributed by atoms with Gasteiger partial charge in [-0.05, 0) is 54.8 Å². The molecule has 2 aromatic rings. The van der Waals surface area contributed by atoms with E-state index >= 15 is 0 Å². The van der Waals surface area contributed by atoms with Crippen molar-refractivity contribution < 1.29 is 9.53 Å². The normalized spacial score (nSPS) is 17.5. The average Bonchev–Trinajstić information content (AvgIpc) is 2.74. The van der Waals surface area contributed by atoms with Gasteiger partial charge in [0.15, 0.2) is 0 Å². The number of nitrogens with one attached hydrogen (secondary N) is 1. The predicted octanol–water partition coefficient (Wildman–Crippen LogP) is 2.55. The molecule has 0 aliphatic heterocycles. The highest BCUT2D eigenvalue weighted by atomic mass is 16.5. The van der Waals surface area contributed by atoms with Crippen LogP contribution < -0.4 is 21.8 Å². The number of aryl methyl sites for hydroxylation is 1. The van der Waals surface area contributed by atoms with Crippen molar-refractivity contribution in [2.45, 2.75) is 13.8 Å². The molecule has 0 radical (unpaired) electrons. The van der Waals surface area contributed by atoms with Gasteiger partial charge in [0, 0.05) is 30.4 Å². The number of hydrogen-bond donors (Lipinski definition) is 3. The Morgan fingerprint density at radius 3 is 2.66 bits per heavy atom. The summed E-state index contributed by atoms with van der Waals surface area (Å²) in [6, 6.07) is 12.1. The number of ether oxygens (including phenoxy) is 1. The van der Waals surface area contributed by atoms with Gasteiger partial charge in [-0.25, -0.2) is 11.7 Å². The van der Waals surface area contributed by atoms with Crippen LogP contribution in [-0.2, 0) is 4.79 Å². The molecular weight excluding hydrogens is 366 g/mol. The van der Waals surface area contributed by atoms with Crippen molar-refractivity contribution in [2.24, 2.45) is 23.5 Å². The van der Waals surface area contributed by atoms with E-state index < -0.39 is 0 Å². The summed E-state index contributed by atoms with van der Waals surface area (Å²) in [5.74, 6) is 11.9. The number of carbonyl (C=O) groups excluding carboxylic acids is 1. The first-order valence-corrected chi connectivity index (χ1v) is 9.39. The highest BCUT2D eigenvalue weighted by molar-refractivity contribution is 5.61. The number of hydrogen-bond acceptors (Lipinski definition) is 6. The molecule has 0 bridgehead atoms. The van der Waals surface area contributed by atoms with Gasteiger partial charge in [-0.15, -0.1) is 0 Å². The zero-order valence-electron chi connectivity index (χ0n) is 17.1. The second kappa shape index (κ2) is 11.0. The molecule has 5 N–H and O–H groups in total. The molecule has 0 saturated carbocycles. The number of rotatable bonds is 6. The first-order valence-electron chi connectivity index (χ1n) is 9.39. The molecule has 1 aliphatic carbocycles. The monoisotopic (exact) mass is 395 g/mol. The van der Waals surface area contributed by atoms with Crippen LogP contribution in [0.25, 0.3) is 11.3 Å². The Balaban J connectivity index is 0.000000687. The number of amides is 1. The van der Waals surface area contributed by atoms with Gasteiger partial charge in [0.1, 0.15) is 5.75 Å². The lowest BCUT2D eigenvalue weighted by molar-refractivity contribution is -0.109. The quantitative estimate of drug-likeness (QED) is 0.300. The molecule has 3 rings (SSSR count). The van der Waals surface area contributed by atoms with E-state index in [-0.39, 0.29) is 5.92 Å². The number of carbonyl (C=O) groups is 1. The number of hydrazine groups is 2. The van der Waals surface area contributed by atoms with Crippen molar-refractivity contribution in [1.82, 2.24) is 15.4 Å². The summed E-state index contributed by atoms with van der Waals surface area (Å²) < 4.78 is 6.14. The zero-order valence-corrected chi connectivity index (χ0v) is 17.1. The third-order valence-electron chi connectivity index (χ3n) is 4.73. The van der Waals surface area contributed by atoms with E-state index in [2.05, 4.69) is 55.0 Å². The molecule has 2 unspecified atom stereocenters. The molecule has 29 heavy (non-hydrogen) atoms. The molecule has 0 fully saturated rings. The third kappa shape index (κ3) is 6.17. The molecule has 0 saturated heterocycles. The minimum absolute atomic E-state index is 0.245. The molecule has 154 valence electrons. The highest BCUT2D eigenvalue weighted by Crippen LogP contribution is 2.30. The summed E-state index contributed by atoms with van der Waals surface area (Å²) in [5.41, 5.74) is 6.02. The predicted molar refractivity (Wildman–Crippen MR) is 115 cm³/mol. The number of allylic oxidation sites excluding steroid dienone is 3. The van der Waals surface area contributed by atoms with Crippen LogP contribution in [-0.4, -0.2) is 30.1 Å². The fourth-order valence-electron chi connectivity index (χ4n) is 3.16. The van der Waals surface area contributed by atoms with E-state index in [1.54, 1.807) is 10.4 Å². The number of nitrogens with two attached hydrogens (primary N) is 2. The Labute approximate surface area is 172 Å². The molecule has 7 nitrogen and oxygen atoms in total. The van der Waals surface area contributed by atoms with Gasteiger partial charge in [0.05, 0.1) is 12.3 Å². The third-order valence-corrected chi connectivity index (χ3v) is 4.73. The van der Waals surface area contributed by atoms with Gasteiger partial charge < -0.3 is 9.75 Å². The maximum absolute atomic E-state index is 8.94. The highest BCUT2D eigenvalue weighted by Gasteiger charge is 2.24. The van der Waals surface area contributed by atoms with Crippen LogP contribution in [0.5, 0.6) is 5.75 Å². The second-order valence-corrected chi connectivity index (χ2v) is 6.84. The minimum atomic E-state index is 0.245. The summed E-state index contributed by atoms with van der Waals surface area (Å²) in [5, 5.41) is 1.69. The first kappa shape index (κ1) is 22.1. The van der Waals surface area contributed by atoms with E-state index in [9.17, 15) is 0 Å². The van der Waals surface area contributed by atoms with Crippen molar-refractivity contribution >= 4 is 6.41 Å². The van der Waals surface area contributed by atoms with E-state index in [1.165, 1.54) is 0 Å². The molecule has 1 aromatic heterocycles. The van der Waals surface area contributed by atoms with E-state index in [0.29, 0.717) is 18.9 Å². The Hall–Kier alpha value is -3.16. The summed E-state index contributed by atoms with van der Waals surface area (Å²) in [4.78, 5) is 13.3. The molecule has 1 aliphatic rings. The molecule has 7 heteroatoms. The zero-order chi connectivity index (χ0) is 21.2. The molecule has 1 heterocycles. The standard InChI is InChI=1S/C21H25N3O.CH4N2O/c1-15-7-6-9-20(24(3)22)18(15)14-25-21-11-10-17(13-16(21)2)19-8-4-5-12-23-19;2-3-1-4/h4-13,15,18H,14,22H2,1-3H3;1H,2H2,(H,3,4). The molecule has 0 spiro atoms. The van der Waals surface area contributed by atoms with E-state index in [4.69, 9.17) is 15.4 Å². The van der Waals surface area contributed by atoms with Gasteiger partial charge in [0.2, 0.25) is 6.41 Å². The Morgan fingerprint density at radius 1 is 1.31 bits per heavy atom. The van der Waals surface area contributed by atoms with Gasteiger partial charge in [0.25, 0.3) is 0 Å². The molecule has 1 aromatic carbocycles. The summed E-state index contributed by atoms with van der Waals surface area (Å²) in [6.07, 6.45) is 8.53. The van der Waals surface area contributed by atoms with Gasteiger partial charge in [-0.3, -0.25) is 15.2 Å². The van der Waals surface area contributed by atoms with Crippen LogP contribution in [0.3, 0.4) is 0 Å².